The van der Waals surface area contributed by atoms with Crippen molar-refractivity contribution in [1.29, 1.82) is 0 Å². The molecule has 0 aromatic carbocycles. The van der Waals surface area contributed by atoms with Gasteiger partial charge in [-0.1, -0.05) is 13.8 Å². The Balaban J connectivity index is 3.00. The molecule has 0 aliphatic carbocycles. The minimum absolute atomic E-state index is 0.466. The number of nitrogens with two attached hydrogens (primary N) is 1. The summed E-state index contributed by atoms with van der Waals surface area (Å²) in [6.45, 7) is 7.78. The van der Waals surface area contributed by atoms with E-state index in [1.165, 1.54) is 0 Å². The number of aromatic nitrogens is 3. The molecule has 0 aliphatic rings. The third kappa shape index (κ3) is 1.88. The van der Waals surface area contributed by atoms with Gasteiger partial charge < -0.3 is 10.3 Å². The van der Waals surface area contributed by atoms with Gasteiger partial charge in [0.1, 0.15) is 11.6 Å². The quantitative estimate of drug-likeness (QED) is 0.763. The molecule has 13 heavy (non-hydrogen) atoms. The van der Waals surface area contributed by atoms with Crippen molar-refractivity contribution in [3.05, 3.63) is 11.6 Å². The van der Waals surface area contributed by atoms with Crippen molar-refractivity contribution in [3.8, 4) is 0 Å². The number of hydrogen-bond acceptors (Lipinski definition) is 3. The van der Waals surface area contributed by atoms with Gasteiger partial charge >= 0.3 is 0 Å². The maximum atomic E-state index is 5.56. The Kier molecular flexibility index (Phi) is 3.42. The van der Waals surface area contributed by atoms with E-state index < -0.39 is 0 Å². The summed E-state index contributed by atoms with van der Waals surface area (Å²) in [5.74, 6) is 2.41. The van der Waals surface area contributed by atoms with Crippen LogP contribution in [0.2, 0.25) is 0 Å². The van der Waals surface area contributed by atoms with Crippen LogP contribution in [0.4, 0.5) is 0 Å². The van der Waals surface area contributed by atoms with Crippen LogP contribution in [0.5, 0.6) is 0 Å². The molecule has 1 heterocycles. The maximum absolute atomic E-state index is 5.56. The molecule has 0 saturated carbocycles. The van der Waals surface area contributed by atoms with Crippen LogP contribution in [0.15, 0.2) is 0 Å². The molecular formula is C9H18N4. The molecule has 0 bridgehead atoms. The van der Waals surface area contributed by atoms with Crippen molar-refractivity contribution < 1.29 is 0 Å². The first-order chi connectivity index (χ1) is 6.24. The lowest BCUT2D eigenvalue weighted by molar-refractivity contribution is 0.592. The molecule has 1 unspecified atom stereocenters. The smallest absolute Gasteiger partial charge is 0.146 e. The molecule has 0 amide bonds. The molecule has 0 fully saturated rings. The number of hydrogen-bond donors (Lipinski definition) is 1. The molecule has 1 aromatic rings. The predicted octanol–water partition coefficient (Wildman–Crippen LogP) is 1.27. The molecule has 0 radical (unpaired) electrons. The summed E-state index contributed by atoms with van der Waals surface area (Å²) in [6.07, 6.45) is 1.09. The summed E-state index contributed by atoms with van der Waals surface area (Å²) in [5, 5.41) is 8.22. The maximum Gasteiger partial charge on any atom is 0.146 e. The highest BCUT2D eigenvalue weighted by molar-refractivity contribution is 5.00. The first-order valence-corrected chi connectivity index (χ1v) is 4.86. The van der Waals surface area contributed by atoms with Gasteiger partial charge in [0.05, 0.1) is 6.54 Å². The van der Waals surface area contributed by atoms with Gasteiger partial charge in [-0.3, -0.25) is 0 Å². The molecule has 0 aliphatic heterocycles. The van der Waals surface area contributed by atoms with Gasteiger partial charge in [-0.15, -0.1) is 10.2 Å². The van der Waals surface area contributed by atoms with Crippen LogP contribution in [0.3, 0.4) is 0 Å². The fourth-order valence-corrected chi connectivity index (χ4v) is 1.39. The number of nitrogens with zero attached hydrogens (tertiary/aromatic N) is 3. The highest BCUT2D eigenvalue weighted by atomic mass is 15.3. The van der Waals surface area contributed by atoms with Crippen LogP contribution >= 0.6 is 0 Å². The average Bonchev–Trinajstić information content (AvgIpc) is 2.58. The Labute approximate surface area is 79.2 Å². The SMILES string of the molecule is CCC(C)c1nnc(CN)n1CC. The molecule has 0 spiro atoms. The minimum atomic E-state index is 0.466. The summed E-state index contributed by atoms with van der Waals surface area (Å²) in [7, 11) is 0. The van der Waals surface area contributed by atoms with Crippen molar-refractivity contribution in [3.63, 3.8) is 0 Å². The monoisotopic (exact) mass is 182 g/mol. The molecule has 1 aromatic heterocycles. The van der Waals surface area contributed by atoms with E-state index in [2.05, 4.69) is 35.5 Å². The lowest BCUT2D eigenvalue weighted by Crippen LogP contribution is -2.11. The molecule has 1 atom stereocenters. The van der Waals surface area contributed by atoms with Gasteiger partial charge in [-0.05, 0) is 13.3 Å². The van der Waals surface area contributed by atoms with Crippen LogP contribution in [0, 0.1) is 0 Å². The second-order valence-corrected chi connectivity index (χ2v) is 3.23. The minimum Gasteiger partial charge on any atom is -0.324 e. The molecule has 4 heteroatoms. The summed E-state index contributed by atoms with van der Waals surface area (Å²) in [6, 6.07) is 0. The van der Waals surface area contributed by atoms with Gasteiger partial charge in [-0.25, -0.2) is 0 Å². The summed E-state index contributed by atoms with van der Waals surface area (Å²) < 4.78 is 2.11. The van der Waals surface area contributed by atoms with Gasteiger partial charge in [0.25, 0.3) is 0 Å². The van der Waals surface area contributed by atoms with Gasteiger partial charge in [-0.2, -0.15) is 0 Å². The normalized spacial score (nSPS) is 13.2. The number of rotatable bonds is 4. The zero-order valence-corrected chi connectivity index (χ0v) is 8.62. The van der Waals surface area contributed by atoms with Crippen LogP contribution < -0.4 is 5.73 Å². The lowest BCUT2D eigenvalue weighted by atomic mass is 10.1. The molecule has 0 saturated heterocycles. The topological polar surface area (TPSA) is 56.7 Å². The summed E-state index contributed by atoms with van der Waals surface area (Å²) in [4.78, 5) is 0. The second-order valence-electron chi connectivity index (χ2n) is 3.23. The van der Waals surface area contributed by atoms with E-state index in [1.54, 1.807) is 0 Å². The van der Waals surface area contributed by atoms with E-state index in [0.717, 1.165) is 24.6 Å². The van der Waals surface area contributed by atoms with Crippen molar-refractivity contribution in [1.82, 2.24) is 14.8 Å². The highest BCUT2D eigenvalue weighted by Crippen LogP contribution is 2.17. The third-order valence-electron chi connectivity index (χ3n) is 2.41. The Morgan fingerprint density at radius 2 is 2.08 bits per heavy atom. The molecule has 74 valence electrons. The fourth-order valence-electron chi connectivity index (χ4n) is 1.39. The third-order valence-corrected chi connectivity index (χ3v) is 2.41. The van der Waals surface area contributed by atoms with Crippen LogP contribution in [0.25, 0.3) is 0 Å². The zero-order valence-electron chi connectivity index (χ0n) is 8.62. The largest absolute Gasteiger partial charge is 0.324 e. The van der Waals surface area contributed by atoms with Crippen LogP contribution in [0.1, 0.15) is 44.8 Å². The Morgan fingerprint density at radius 3 is 2.54 bits per heavy atom. The van der Waals surface area contributed by atoms with E-state index >= 15 is 0 Å². The predicted molar refractivity (Wildman–Crippen MR) is 52.3 cm³/mol. The first-order valence-electron chi connectivity index (χ1n) is 4.86. The van der Waals surface area contributed by atoms with E-state index in [4.69, 9.17) is 5.73 Å². The summed E-state index contributed by atoms with van der Waals surface area (Å²) in [5.41, 5.74) is 5.56. The van der Waals surface area contributed by atoms with E-state index in [-0.39, 0.29) is 0 Å². The van der Waals surface area contributed by atoms with E-state index in [0.29, 0.717) is 12.5 Å². The van der Waals surface area contributed by atoms with Crippen molar-refractivity contribution in [2.45, 2.75) is 46.2 Å². The lowest BCUT2D eigenvalue weighted by Gasteiger charge is -2.10. The second kappa shape index (κ2) is 4.37. The summed E-state index contributed by atoms with van der Waals surface area (Å²) >= 11 is 0. The van der Waals surface area contributed by atoms with Crippen LogP contribution in [-0.2, 0) is 13.1 Å². The zero-order chi connectivity index (χ0) is 9.84. The first kappa shape index (κ1) is 10.2. The van der Waals surface area contributed by atoms with Gasteiger partial charge in [0.15, 0.2) is 0 Å². The van der Waals surface area contributed by atoms with E-state index in [1.807, 2.05) is 0 Å². The van der Waals surface area contributed by atoms with Crippen molar-refractivity contribution in [2.75, 3.05) is 0 Å². The average molecular weight is 182 g/mol. The van der Waals surface area contributed by atoms with Crippen LogP contribution in [-0.4, -0.2) is 14.8 Å². The Morgan fingerprint density at radius 1 is 1.38 bits per heavy atom. The molecule has 2 N–H and O–H groups in total. The Bertz CT molecular complexity index is 267. The van der Waals surface area contributed by atoms with Crippen molar-refractivity contribution >= 4 is 0 Å². The molecule has 1 rings (SSSR count). The van der Waals surface area contributed by atoms with Gasteiger partial charge in [0, 0.05) is 12.5 Å². The standard InChI is InChI=1S/C9H18N4/c1-4-7(3)9-12-11-8(6-10)13(9)5-2/h7H,4-6,10H2,1-3H3. The molecule has 4 nitrogen and oxygen atoms in total. The van der Waals surface area contributed by atoms with Crippen molar-refractivity contribution in [2.24, 2.45) is 5.73 Å². The Hall–Kier alpha value is -0.900. The van der Waals surface area contributed by atoms with Gasteiger partial charge in [0.2, 0.25) is 0 Å². The highest BCUT2D eigenvalue weighted by Gasteiger charge is 2.13. The van der Waals surface area contributed by atoms with E-state index in [9.17, 15) is 0 Å². The molecular weight excluding hydrogens is 164 g/mol. The fraction of sp³-hybridized carbons (Fsp3) is 0.778.